The largest absolute Gasteiger partial charge is 0.379 e. The average molecular weight is 367 g/mol. The van der Waals surface area contributed by atoms with Gasteiger partial charge in [-0.2, -0.15) is 0 Å². The molecule has 1 atom stereocenters. The van der Waals surface area contributed by atoms with Crippen LogP contribution in [0.1, 0.15) is 41.8 Å². The second kappa shape index (κ2) is 8.96. The number of nitrogens with one attached hydrogen (secondary N) is 1. The van der Waals surface area contributed by atoms with Crippen molar-refractivity contribution in [3.05, 3.63) is 15.6 Å². The molecule has 0 bridgehead atoms. The zero-order valence-corrected chi connectivity index (χ0v) is 16.2. The van der Waals surface area contributed by atoms with Gasteiger partial charge in [-0.3, -0.25) is 4.90 Å². The lowest BCUT2D eigenvalue weighted by molar-refractivity contribution is 0.0221. The average Bonchev–Trinajstić information content (AvgIpc) is 3.01. The summed E-state index contributed by atoms with van der Waals surface area (Å²) in [7, 11) is 0. The van der Waals surface area contributed by atoms with Crippen LogP contribution in [0.25, 0.3) is 0 Å². The molecule has 140 valence electrons. The maximum Gasteiger partial charge on any atom is 0.317 e. The molecule has 7 heteroatoms. The van der Waals surface area contributed by atoms with E-state index >= 15 is 0 Å². The Bertz CT molecular complexity index is 571. The number of likely N-dealkylation sites (tertiary alicyclic amines) is 1. The van der Waals surface area contributed by atoms with E-state index in [4.69, 9.17) is 4.74 Å². The van der Waals surface area contributed by atoms with Crippen molar-refractivity contribution >= 4 is 17.4 Å². The van der Waals surface area contributed by atoms with Crippen LogP contribution in [-0.4, -0.2) is 66.2 Å². The zero-order chi connectivity index (χ0) is 17.6. The third kappa shape index (κ3) is 4.92. The molecule has 2 aliphatic rings. The third-order valence-corrected chi connectivity index (χ3v) is 6.09. The van der Waals surface area contributed by atoms with Crippen molar-refractivity contribution < 1.29 is 9.53 Å². The number of ether oxygens (including phenoxy) is 1. The highest BCUT2D eigenvalue weighted by Gasteiger charge is 2.28. The number of urea groups is 1. The van der Waals surface area contributed by atoms with Crippen LogP contribution < -0.4 is 5.32 Å². The second-order valence-electron chi connectivity index (χ2n) is 6.87. The molecular weight excluding hydrogens is 336 g/mol. The van der Waals surface area contributed by atoms with Crippen LogP contribution in [-0.2, 0) is 17.7 Å². The fourth-order valence-corrected chi connectivity index (χ4v) is 4.69. The second-order valence-corrected chi connectivity index (χ2v) is 8.16. The maximum absolute atomic E-state index is 12.8. The van der Waals surface area contributed by atoms with Gasteiger partial charge in [0, 0.05) is 37.1 Å². The van der Waals surface area contributed by atoms with Crippen LogP contribution in [0.3, 0.4) is 0 Å². The Balaban J connectivity index is 1.56. The molecule has 0 unspecified atom stereocenters. The van der Waals surface area contributed by atoms with Gasteiger partial charge >= 0.3 is 6.03 Å². The van der Waals surface area contributed by atoms with Crippen LogP contribution in [0.4, 0.5) is 4.79 Å². The number of amides is 2. The molecule has 0 saturated carbocycles. The van der Waals surface area contributed by atoms with Gasteiger partial charge in [0.25, 0.3) is 0 Å². The molecule has 1 aromatic heterocycles. The number of carbonyl (C=O) groups excluding carboxylic acids is 1. The van der Waals surface area contributed by atoms with Gasteiger partial charge in [-0.25, -0.2) is 9.78 Å². The van der Waals surface area contributed by atoms with Gasteiger partial charge in [0.2, 0.25) is 0 Å². The van der Waals surface area contributed by atoms with Crippen molar-refractivity contribution in [2.75, 3.05) is 39.4 Å². The summed E-state index contributed by atoms with van der Waals surface area (Å²) < 4.78 is 5.44. The van der Waals surface area contributed by atoms with E-state index in [2.05, 4.69) is 27.0 Å². The first kappa shape index (κ1) is 18.6. The number of carbonyl (C=O) groups is 1. The maximum atomic E-state index is 12.8. The Morgan fingerprint density at radius 3 is 2.88 bits per heavy atom. The van der Waals surface area contributed by atoms with Gasteiger partial charge in [0.15, 0.2) is 0 Å². The molecule has 6 nitrogen and oxygen atoms in total. The van der Waals surface area contributed by atoms with Gasteiger partial charge < -0.3 is 15.0 Å². The number of thiazole rings is 1. The van der Waals surface area contributed by atoms with Crippen molar-refractivity contribution in [2.45, 2.75) is 52.1 Å². The molecule has 0 spiro atoms. The summed E-state index contributed by atoms with van der Waals surface area (Å²) in [6, 6.07) is 0.395. The molecule has 1 N–H and O–H groups in total. The summed E-state index contributed by atoms with van der Waals surface area (Å²) in [6.07, 6.45) is 4.34. The SMILES string of the molecule is CCc1nc(C)sc1CNC(=O)N1CCCC[C@@H]1CN1CCOCC1. The van der Waals surface area contributed by atoms with E-state index in [0.29, 0.717) is 12.6 Å². The predicted molar refractivity (Wildman–Crippen MR) is 100 cm³/mol. The van der Waals surface area contributed by atoms with Crippen LogP contribution in [0.15, 0.2) is 0 Å². The van der Waals surface area contributed by atoms with Crippen LogP contribution in [0.5, 0.6) is 0 Å². The summed E-state index contributed by atoms with van der Waals surface area (Å²) in [5, 5.41) is 4.21. The molecule has 3 heterocycles. The van der Waals surface area contributed by atoms with Crippen LogP contribution in [0, 0.1) is 6.92 Å². The molecule has 1 aromatic rings. The quantitative estimate of drug-likeness (QED) is 0.869. The minimum Gasteiger partial charge on any atom is -0.379 e. The lowest BCUT2D eigenvalue weighted by Gasteiger charge is -2.39. The molecule has 0 radical (unpaired) electrons. The summed E-state index contributed by atoms with van der Waals surface area (Å²) >= 11 is 1.69. The van der Waals surface area contributed by atoms with Crippen molar-refractivity contribution in [3.8, 4) is 0 Å². The summed E-state index contributed by atoms with van der Waals surface area (Å²) in [6.45, 7) is 10.1. The first-order valence-corrected chi connectivity index (χ1v) is 10.3. The number of hydrogen-bond donors (Lipinski definition) is 1. The Labute approximate surface area is 154 Å². The molecule has 2 amide bonds. The van der Waals surface area contributed by atoms with Crippen molar-refractivity contribution in [3.63, 3.8) is 0 Å². The van der Waals surface area contributed by atoms with Gasteiger partial charge in [-0.15, -0.1) is 11.3 Å². The zero-order valence-electron chi connectivity index (χ0n) is 15.4. The lowest BCUT2D eigenvalue weighted by atomic mass is 10.0. The van der Waals surface area contributed by atoms with E-state index < -0.39 is 0 Å². The Hall–Kier alpha value is -1.18. The number of nitrogens with zero attached hydrogens (tertiary/aromatic N) is 3. The van der Waals surface area contributed by atoms with Crippen molar-refractivity contribution in [1.29, 1.82) is 0 Å². The third-order valence-electron chi connectivity index (χ3n) is 5.08. The minimum atomic E-state index is 0.0751. The van der Waals surface area contributed by atoms with Gasteiger partial charge in [0.1, 0.15) is 0 Å². The molecule has 0 aliphatic carbocycles. The normalized spacial score (nSPS) is 22.2. The Morgan fingerprint density at radius 2 is 2.12 bits per heavy atom. The highest BCUT2D eigenvalue weighted by atomic mass is 32.1. The molecule has 2 aliphatic heterocycles. The van der Waals surface area contributed by atoms with E-state index in [9.17, 15) is 4.79 Å². The highest BCUT2D eigenvalue weighted by Crippen LogP contribution is 2.21. The fraction of sp³-hybridized carbons (Fsp3) is 0.778. The Morgan fingerprint density at radius 1 is 1.32 bits per heavy atom. The van der Waals surface area contributed by atoms with E-state index in [1.807, 2.05) is 6.92 Å². The number of hydrogen-bond acceptors (Lipinski definition) is 5. The number of morpholine rings is 1. The topological polar surface area (TPSA) is 57.7 Å². The molecule has 2 fully saturated rings. The van der Waals surface area contributed by atoms with Gasteiger partial charge in [-0.1, -0.05) is 6.92 Å². The van der Waals surface area contributed by atoms with Gasteiger partial charge in [0.05, 0.1) is 30.5 Å². The van der Waals surface area contributed by atoms with E-state index in [0.717, 1.165) is 69.4 Å². The van der Waals surface area contributed by atoms with Crippen molar-refractivity contribution in [1.82, 2.24) is 20.1 Å². The monoisotopic (exact) mass is 366 g/mol. The number of aromatic nitrogens is 1. The fourth-order valence-electron chi connectivity index (χ4n) is 3.72. The summed E-state index contributed by atoms with van der Waals surface area (Å²) in [5.74, 6) is 0. The standard InChI is InChI=1S/C18H30N4O2S/c1-3-16-17(25-14(2)20-16)12-19-18(23)22-7-5-4-6-15(22)13-21-8-10-24-11-9-21/h15H,3-13H2,1-2H3,(H,19,23)/t15-/m1/s1. The van der Waals surface area contributed by atoms with E-state index in [-0.39, 0.29) is 6.03 Å². The van der Waals surface area contributed by atoms with Crippen molar-refractivity contribution in [2.24, 2.45) is 0 Å². The number of piperidine rings is 1. The summed E-state index contributed by atoms with van der Waals surface area (Å²) in [5.41, 5.74) is 1.12. The Kier molecular flexibility index (Phi) is 6.67. The predicted octanol–water partition coefficient (Wildman–Crippen LogP) is 2.41. The van der Waals surface area contributed by atoms with Crippen LogP contribution >= 0.6 is 11.3 Å². The molecule has 3 rings (SSSR count). The molecule has 0 aromatic carbocycles. The van der Waals surface area contributed by atoms with E-state index in [1.165, 1.54) is 11.3 Å². The lowest BCUT2D eigenvalue weighted by Crippen LogP contribution is -2.53. The first-order chi connectivity index (χ1) is 12.2. The molecule has 2 saturated heterocycles. The highest BCUT2D eigenvalue weighted by molar-refractivity contribution is 7.11. The van der Waals surface area contributed by atoms with Gasteiger partial charge in [-0.05, 0) is 32.6 Å². The minimum absolute atomic E-state index is 0.0751. The smallest absolute Gasteiger partial charge is 0.317 e. The molecular formula is C18H30N4O2S. The number of aryl methyl sites for hydroxylation is 2. The summed E-state index contributed by atoms with van der Waals surface area (Å²) in [4.78, 5) is 23.0. The first-order valence-electron chi connectivity index (χ1n) is 9.47. The van der Waals surface area contributed by atoms with E-state index in [1.54, 1.807) is 11.3 Å². The van der Waals surface area contributed by atoms with Crippen LogP contribution in [0.2, 0.25) is 0 Å². The molecule has 25 heavy (non-hydrogen) atoms. The number of rotatable bonds is 5.